The summed E-state index contributed by atoms with van der Waals surface area (Å²) in [6.45, 7) is 0. The summed E-state index contributed by atoms with van der Waals surface area (Å²) in [7, 11) is 0. The third-order valence-electron chi connectivity index (χ3n) is 2.92. The quantitative estimate of drug-likeness (QED) is 0.825. The van der Waals surface area contributed by atoms with E-state index in [1.807, 2.05) is 0 Å². The lowest BCUT2D eigenvalue weighted by molar-refractivity contribution is -0.121. The highest BCUT2D eigenvalue weighted by atomic mass is 35.5. The number of anilines is 1. The van der Waals surface area contributed by atoms with Gasteiger partial charge >= 0.3 is 0 Å². The van der Waals surface area contributed by atoms with E-state index in [9.17, 15) is 4.79 Å². The van der Waals surface area contributed by atoms with E-state index < -0.39 is 0 Å². The number of halogens is 2. The molecule has 1 aromatic rings. The van der Waals surface area contributed by atoms with Crippen molar-refractivity contribution in [2.45, 2.75) is 25.3 Å². The molecule has 0 radical (unpaired) electrons. The zero-order chi connectivity index (χ0) is 12.4. The lowest BCUT2D eigenvalue weighted by Gasteiger charge is -2.19. The smallest absolute Gasteiger partial charge is 0.224 e. The van der Waals surface area contributed by atoms with E-state index in [0.717, 1.165) is 19.3 Å². The van der Waals surface area contributed by atoms with E-state index in [-0.39, 0.29) is 23.2 Å². The van der Waals surface area contributed by atoms with Crippen LogP contribution >= 0.6 is 23.2 Å². The van der Waals surface area contributed by atoms with Crippen LogP contribution in [0.25, 0.3) is 0 Å². The van der Waals surface area contributed by atoms with Crippen LogP contribution in [0.5, 0.6) is 0 Å². The van der Waals surface area contributed by atoms with Gasteiger partial charge in [-0.2, -0.15) is 4.98 Å². The second-order valence-electron chi connectivity index (χ2n) is 4.03. The molecule has 0 unspecified atom stereocenters. The van der Waals surface area contributed by atoms with Crippen molar-refractivity contribution in [2.24, 2.45) is 11.7 Å². The van der Waals surface area contributed by atoms with Crippen LogP contribution < -0.4 is 11.1 Å². The number of amides is 1. The molecule has 2 atom stereocenters. The summed E-state index contributed by atoms with van der Waals surface area (Å²) in [4.78, 5) is 19.0. The van der Waals surface area contributed by atoms with E-state index in [2.05, 4.69) is 15.3 Å². The third kappa shape index (κ3) is 2.79. The molecule has 3 N–H and O–H groups in total. The van der Waals surface area contributed by atoms with Crippen molar-refractivity contribution in [2.75, 3.05) is 5.32 Å². The molecule has 1 aliphatic carbocycles. The Labute approximate surface area is 109 Å². The Bertz CT molecular complexity index is 440. The van der Waals surface area contributed by atoms with E-state index in [0.29, 0.717) is 10.8 Å². The summed E-state index contributed by atoms with van der Waals surface area (Å²) in [5, 5.41) is 3.61. The van der Waals surface area contributed by atoms with Crippen LogP contribution in [-0.4, -0.2) is 21.9 Å². The fourth-order valence-electron chi connectivity index (χ4n) is 2.10. The van der Waals surface area contributed by atoms with E-state index in [4.69, 9.17) is 28.9 Å². The average molecular weight is 275 g/mol. The van der Waals surface area contributed by atoms with Crippen LogP contribution in [0, 0.1) is 5.92 Å². The van der Waals surface area contributed by atoms with Crippen molar-refractivity contribution in [1.29, 1.82) is 0 Å². The van der Waals surface area contributed by atoms with Gasteiger partial charge in [0, 0.05) is 6.04 Å². The summed E-state index contributed by atoms with van der Waals surface area (Å²) in [6.07, 6.45) is 4.05. The predicted molar refractivity (Wildman–Crippen MR) is 66.0 cm³/mol. The van der Waals surface area contributed by atoms with Crippen molar-refractivity contribution < 1.29 is 4.79 Å². The molecule has 1 aromatic heterocycles. The van der Waals surface area contributed by atoms with E-state index in [1.54, 1.807) is 0 Å². The summed E-state index contributed by atoms with van der Waals surface area (Å²) in [6, 6.07) is -0.0315. The van der Waals surface area contributed by atoms with Gasteiger partial charge < -0.3 is 11.1 Å². The fourth-order valence-corrected chi connectivity index (χ4v) is 2.37. The molecule has 0 spiro atoms. The Kier molecular flexibility index (Phi) is 3.69. The highest BCUT2D eigenvalue weighted by Crippen LogP contribution is 2.30. The van der Waals surface area contributed by atoms with Crippen LogP contribution in [0.15, 0.2) is 6.20 Å². The number of carbonyl (C=O) groups is 1. The number of hydrogen-bond donors (Lipinski definition) is 2. The molecular weight excluding hydrogens is 263 g/mol. The van der Waals surface area contributed by atoms with Crippen molar-refractivity contribution in [3.63, 3.8) is 0 Å². The monoisotopic (exact) mass is 274 g/mol. The van der Waals surface area contributed by atoms with Gasteiger partial charge in [-0.3, -0.25) is 4.79 Å². The maximum Gasteiger partial charge on any atom is 0.224 e. The standard InChI is InChI=1S/C10H12Cl2N4O/c11-6-4-14-10(12)16-9(6)15-7-3-1-2-5(7)8(13)17/h4-5,7H,1-3H2,(H2,13,17)(H,14,15,16)/t5-,7+/m0/s1. The van der Waals surface area contributed by atoms with Gasteiger partial charge in [0.1, 0.15) is 10.8 Å². The van der Waals surface area contributed by atoms with Crippen LogP contribution in [0.3, 0.4) is 0 Å². The van der Waals surface area contributed by atoms with Crippen molar-refractivity contribution in [3.8, 4) is 0 Å². The fraction of sp³-hybridized carbons (Fsp3) is 0.500. The highest BCUT2D eigenvalue weighted by Gasteiger charge is 2.32. The lowest BCUT2D eigenvalue weighted by Crippen LogP contribution is -2.34. The number of nitrogens with zero attached hydrogens (tertiary/aromatic N) is 2. The summed E-state index contributed by atoms with van der Waals surface area (Å²) in [5.41, 5.74) is 5.34. The number of rotatable bonds is 3. The molecule has 7 heteroatoms. The second kappa shape index (κ2) is 5.06. The molecular formula is C10H12Cl2N4O. The summed E-state index contributed by atoms with van der Waals surface area (Å²) in [5.74, 6) is -0.0269. The maximum atomic E-state index is 11.2. The summed E-state index contributed by atoms with van der Waals surface area (Å²) < 4.78 is 0. The number of nitrogens with one attached hydrogen (secondary N) is 1. The first-order chi connectivity index (χ1) is 8.08. The number of nitrogens with two attached hydrogens (primary N) is 1. The zero-order valence-corrected chi connectivity index (χ0v) is 10.5. The molecule has 2 rings (SSSR count). The van der Waals surface area contributed by atoms with Crippen molar-refractivity contribution >= 4 is 34.9 Å². The topological polar surface area (TPSA) is 80.9 Å². The molecule has 5 nitrogen and oxygen atoms in total. The Morgan fingerprint density at radius 3 is 2.94 bits per heavy atom. The second-order valence-corrected chi connectivity index (χ2v) is 4.77. The maximum absolute atomic E-state index is 11.2. The Balaban J connectivity index is 2.15. The summed E-state index contributed by atoms with van der Waals surface area (Å²) >= 11 is 11.6. The van der Waals surface area contributed by atoms with Gasteiger partial charge in [0.05, 0.1) is 12.1 Å². The highest BCUT2D eigenvalue weighted by molar-refractivity contribution is 6.33. The molecule has 0 aromatic carbocycles. The van der Waals surface area contributed by atoms with Gasteiger partial charge in [-0.15, -0.1) is 0 Å². The predicted octanol–water partition coefficient (Wildman–Crippen LogP) is 1.85. The van der Waals surface area contributed by atoms with Crippen molar-refractivity contribution in [3.05, 3.63) is 16.5 Å². The first kappa shape index (κ1) is 12.4. The van der Waals surface area contributed by atoms with Gasteiger partial charge in [0.15, 0.2) is 0 Å². The average Bonchev–Trinajstić information content (AvgIpc) is 2.71. The molecule has 0 bridgehead atoms. The molecule has 1 fully saturated rings. The molecule has 1 saturated carbocycles. The molecule has 92 valence electrons. The lowest BCUT2D eigenvalue weighted by atomic mass is 10.0. The number of aromatic nitrogens is 2. The van der Waals surface area contributed by atoms with Crippen LogP contribution in [0.2, 0.25) is 10.3 Å². The first-order valence-corrected chi connectivity index (χ1v) is 6.07. The third-order valence-corrected chi connectivity index (χ3v) is 3.38. The first-order valence-electron chi connectivity index (χ1n) is 5.32. The van der Waals surface area contributed by atoms with E-state index in [1.165, 1.54) is 6.20 Å². The number of carbonyl (C=O) groups excluding carboxylic acids is 1. The molecule has 0 aliphatic heterocycles. The Morgan fingerprint density at radius 1 is 1.47 bits per heavy atom. The molecule has 1 heterocycles. The Morgan fingerprint density at radius 2 is 2.24 bits per heavy atom. The van der Waals surface area contributed by atoms with Crippen LogP contribution in [0.4, 0.5) is 5.82 Å². The van der Waals surface area contributed by atoms with E-state index >= 15 is 0 Å². The van der Waals surface area contributed by atoms with Gasteiger partial charge in [0.2, 0.25) is 11.2 Å². The molecule has 0 saturated heterocycles. The minimum absolute atomic E-state index is 0.0315. The van der Waals surface area contributed by atoms with Gasteiger partial charge in [-0.25, -0.2) is 4.98 Å². The van der Waals surface area contributed by atoms with Crippen LogP contribution in [-0.2, 0) is 4.79 Å². The van der Waals surface area contributed by atoms with Gasteiger partial charge in [-0.1, -0.05) is 18.0 Å². The normalized spacial score (nSPS) is 23.6. The van der Waals surface area contributed by atoms with Crippen molar-refractivity contribution in [1.82, 2.24) is 9.97 Å². The van der Waals surface area contributed by atoms with Crippen LogP contribution in [0.1, 0.15) is 19.3 Å². The molecule has 1 amide bonds. The molecule has 17 heavy (non-hydrogen) atoms. The van der Waals surface area contributed by atoms with Gasteiger partial charge in [-0.05, 0) is 24.4 Å². The SMILES string of the molecule is NC(=O)[C@H]1CCC[C@H]1Nc1nc(Cl)ncc1Cl. The minimum atomic E-state index is -0.295. The number of primary amides is 1. The van der Waals surface area contributed by atoms with Gasteiger partial charge in [0.25, 0.3) is 0 Å². The minimum Gasteiger partial charge on any atom is -0.369 e. The Hall–Kier alpha value is -1.07. The largest absolute Gasteiger partial charge is 0.369 e. The zero-order valence-electron chi connectivity index (χ0n) is 8.99. The molecule has 1 aliphatic rings. The number of hydrogen-bond acceptors (Lipinski definition) is 4.